The maximum Gasteiger partial charge on any atom is 0.250 e. The van der Waals surface area contributed by atoms with Gasteiger partial charge in [0.05, 0.1) is 11.1 Å². The van der Waals surface area contributed by atoms with Crippen molar-refractivity contribution >= 4 is 45.8 Å². The molecule has 0 saturated heterocycles. The molecule has 0 unspecified atom stereocenters. The number of hydrogen-bond acceptors (Lipinski definition) is 3. The van der Waals surface area contributed by atoms with Crippen LogP contribution in [-0.4, -0.2) is 15.0 Å². The lowest BCUT2D eigenvalue weighted by molar-refractivity contribution is 0.988. The molecule has 0 aliphatic rings. The molecule has 0 spiro atoms. The molecule has 0 atom stereocenters. The van der Waals surface area contributed by atoms with E-state index in [0.717, 1.165) is 5.56 Å². The molecule has 0 fully saturated rings. The Morgan fingerprint density at radius 2 is 1.71 bits per heavy atom. The van der Waals surface area contributed by atoms with Gasteiger partial charge in [0.2, 0.25) is 3.79 Å². The fraction of sp³-hybridized carbons (Fsp3) is 0.0714. The zero-order chi connectivity index (χ0) is 15.0. The molecule has 1 N–H and O–H groups in total. The van der Waals surface area contributed by atoms with Crippen molar-refractivity contribution in [1.29, 1.82) is 0 Å². The molecule has 0 saturated carbocycles. The van der Waals surface area contributed by atoms with E-state index in [1.54, 1.807) is 0 Å². The van der Waals surface area contributed by atoms with E-state index in [1.807, 2.05) is 30.3 Å². The Hall–Kier alpha value is -1.62. The number of halogens is 3. The van der Waals surface area contributed by atoms with Crippen molar-refractivity contribution in [1.82, 2.24) is 15.0 Å². The molecular formula is C14H8Cl3N3O. The number of nitrogens with one attached hydrogen (secondary N) is 1. The van der Waals surface area contributed by atoms with Crippen molar-refractivity contribution in [3.63, 3.8) is 0 Å². The van der Waals surface area contributed by atoms with Crippen LogP contribution < -0.4 is 5.43 Å². The van der Waals surface area contributed by atoms with Crippen LogP contribution in [0.4, 0.5) is 0 Å². The summed E-state index contributed by atoms with van der Waals surface area (Å²) in [6.45, 7) is 0. The lowest BCUT2D eigenvalue weighted by Gasteiger charge is -2.12. The number of pyridine rings is 1. The van der Waals surface area contributed by atoms with Gasteiger partial charge < -0.3 is 4.98 Å². The van der Waals surface area contributed by atoms with Gasteiger partial charge in [-0.25, -0.2) is 9.97 Å². The Morgan fingerprint density at radius 1 is 1.00 bits per heavy atom. The zero-order valence-electron chi connectivity index (χ0n) is 10.5. The maximum atomic E-state index is 12.1. The number of rotatable bonds is 1. The molecule has 1 aromatic carbocycles. The average Bonchev–Trinajstić information content (AvgIpc) is 2.46. The topological polar surface area (TPSA) is 58.6 Å². The fourth-order valence-corrected chi connectivity index (χ4v) is 2.26. The van der Waals surface area contributed by atoms with Crippen molar-refractivity contribution in [3.8, 4) is 11.3 Å². The molecule has 21 heavy (non-hydrogen) atoms. The first-order valence-electron chi connectivity index (χ1n) is 5.99. The highest BCUT2D eigenvalue weighted by Crippen LogP contribution is 2.37. The van der Waals surface area contributed by atoms with Crippen LogP contribution in [0.15, 0.2) is 47.4 Å². The first-order valence-corrected chi connectivity index (χ1v) is 7.12. The summed E-state index contributed by atoms with van der Waals surface area (Å²) >= 11 is 17.6. The second-order valence-corrected chi connectivity index (χ2v) is 6.61. The Kier molecular flexibility index (Phi) is 3.61. The third kappa shape index (κ3) is 2.75. The van der Waals surface area contributed by atoms with Crippen molar-refractivity contribution in [2.45, 2.75) is 3.79 Å². The van der Waals surface area contributed by atoms with Crippen LogP contribution in [0.1, 0.15) is 5.82 Å². The van der Waals surface area contributed by atoms with Gasteiger partial charge in [-0.15, -0.1) is 0 Å². The molecule has 3 aromatic rings. The highest BCUT2D eigenvalue weighted by atomic mass is 35.6. The SMILES string of the molecule is O=c1cc[nH]c2nc(C(Cl)(Cl)Cl)nc(-c3ccccc3)c12. The van der Waals surface area contributed by atoms with E-state index in [0.29, 0.717) is 16.7 Å². The van der Waals surface area contributed by atoms with Gasteiger partial charge >= 0.3 is 0 Å². The molecule has 4 nitrogen and oxygen atoms in total. The first kappa shape index (κ1) is 14.3. The van der Waals surface area contributed by atoms with Gasteiger partial charge in [0.1, 0.15) is 5.65 Å². The van der Waals surface area contributed by atoms with Gasteiger partial charge in [0.25, 0.3) is 0 Å². The maximum absolute atomic E-state index is 12.1. The molecule has 3 rings (SSSR count). The minimum absolute atomic E-state index is 0.0145. The number of aromatic nitrogens is 3. The highest BCUT2D eigenvalue weighted by molar-refractivity contribution is 6.66. The standard InChI is InChI=1S/C14H8Cl3N3O/c15-14(16,17)13-19-11(8-4-2-1-3-5-8)10-9(21)6-7-18-12(10)20-13/h1-7H,(H,18,19,20,21). The minimum atomic E-state index is -1.77. The average molecular weight is 341 g/mol. The molecule has 2 aromatic heterocycles. The number of nitrogens with zero attached hydrogens (tertiary/aromatic N) is 2. The predicted octanol–water partition coefficient (Wildman–Crippen LogP) is 3.81. The Balaban J connectivity index is 2.43. The van der Waals surface area contributed by atoms with Gasteiger partial charge in [-0.3, -0.25) is 4.79 Å². The summed E-state index contributed by atoms with van der Waals surface area (Å²) in [6, 6.07) is 10.6. The van der Waals surface area contributed by atoms with Crippen molar-refractivity contribution < 1.29 is 0 Å². The van der Waals surface area contributed by atoms with Gasteiger partial charge in [-0.05, 0) is 0 Å². The minimum Gasteiger partial charge on any atom is -0.346 e. The van der Waals surface area contributed by atoms with E-state index in [9.17, 15) is 4.79 Å². The molecular weight excluding hydrogens is 333 g/mol. The number of H-pyrrole nitrogens is 1. The molecule has 2 heterocycles. The lowest BCUT2D eigenvalue weighted by Crippen LogP contribution is -2.13. The third-order valence-electron chi connectivity index (χ3n) is 2.91. The molecule has 0 aliphatic heterocycles. The Labute approximate surface area is 134 Å². The largest absolute Gasteiger partial charge is 0.346 e. The first-order chi connectivity index (χ1) is 9.97. The van der Waals surface area contributed by atoms with E-state index in [2.05, 4.69) is 15.0 Å². The number of aromatic amines is 1. The van der Waals surface area contributed by atoms with Crippen LogP contribution >= 0.6 is 34.8 Å². The Morgan fingerprint density at radius 3 is 2.38 bits per heavy atom. The second kappa shape index (κ2) is 5.30. The summed E-state index contributed by atoms with van der Waals surface area (Å²) in [5.41, 5.74) is 1.32. The van der Waals surface area contributed by atoms with Gasteiger partial charge in [-0.1, -0.05) is 65.1 Å². The zero-order valence-corrected chi connectivity index (χ0v) is 12.7. The van der Waals surface area contributed by atoms with Crippen LogP contribution in [0.5, 0.6) is 0 Å². The normalized spacial score (nSPS) is 11.8. The fourth-order valence-electron chi connectivity index (χ4n) is 2.01. The van der Waals surface area contributed by atoms with E-state index in [-0.39, 0.29) is 11.3 Å². The van der Waals surface area contributed by atoms with E-state index >= 15 is 0 Å². The van der Waals surface area contributed by atoms with Gasteiger partial charge in [0.15, 0.2) is 11.3 Å². The van der Waals surface area contributed by atoms with Crippen LogP contribution in [0.25, 0.3) is 22.3 Å². The predicted molar refractivity (Wildman–Crippen MR) is 84.8 cm³/mol. The second-order valence-electron chi connectivity index (χ2n) is 4.33. The molecule has 0 radical (unpaired) electrons. The van der Waals surface area contributed by atoms with Crippen molar-refractivity contribution in [3.05, 3.63) is 58.6 Å². The smallest absolute Gasteiger partial charge is 0.250 e. The number of hydrogen-bond donors (Lipinski definition) is 1. The number of fused-ring (bicyclic) bond motifs is 1. The summed E-state index contributed by atoms with van der Waals surface area (Å²) in [7, 11) is 0. The van der Waals surface area contributed by atoms with Crippen LogP contribution in [-0.2, 0) is 3.79 Å². The molecule has 0 amide bonds. The third-order valence-corrected chi connectivity index (χ3v) is 3.42. The molecule has 0 aliphatic carbocycles. The van der Waals surface area contributed by atoms with E-state index in [1.165, 1.54) is 12.3 Å². The summed E-state index contributed by atoms with van der Waals surface area (Å²) in [6.07, 6.45) is 1.49. The lowest BCUT2D eigenvalue weighted by atomic mass is 10.1. The van der Waals surface area contributed by atoms with Gasteiger partial charge in [0, 0.05) is 17.8 Å². The quantitative estimate of drug-likeness (QED) is 0.685. The van der Waals surface area contributed by atoms with Crippen molar-refractivity contribution in [2.24, 2.45) is 0 Å². The summed E-state index contributed by atoms with van der Waals surface area (Å²) in [5.74, 6) is 0.0145. The van der Waals surface area contributed by atoms with Crippen LogP contribution in [0.2, 0.25) is 0 Å². The number of benzene rings is 1. The summed E-state index contributed by atoms with van der Waals surface area (Å²) in [4.78, 5) is 23.4. The van der Waals surface area contributed by atoms with Crippen LogP contribution in [0.3, 0.4) is 0 Å². The summed E-state index contributed by atoms with van der Waals surface area (Å²) < 4.78 is -1.77. The number of alkyl halides is 3. The Bertz CT molecular complexity index is 857. The highest BCUT2D eigenvalue weighted by Gasteiger charge is 2.28. The molecule has 106 valence electrons. The van der Waals surface area contributed by atoms with E-state index < -0.39 is 3.79 Å². The monoisotopic (exact) mass is 339 g/mol. The van der Waals surface area contributed by atoms with Crippen molar-refractivity contribution in [2.75, 3.05) is 0 Å². The van der Waals surface area contributed by atoms with E-state index in [4.69, 9.17) is 34.8 Å². The van der Waals surface area contributed by atoms with Gasteiger partial charge in [-0.2, -0.15) is 0 Å². The molecule has 0 bridgehead atoms. The van der Waals surface area contributed by atoms with Crippen LogP contribution in [0, 0.1) is 0 Å². The molecule has 7 heteroatoms. The summed E-state index contributed by atoms with van der Waals surface area (Å²) in [5, 5.41) is 0.363.